The number of benzene rings is 2. The highest BCUT2D eigenvalue weighted by Crippen LogP contribution is 2.44. The van der Waals surface area contributed by atoms with Crippen LogP contribution in [0.4, 0.5) is 4.79 Å². The smallest absolute Gasteiger partial charge is 0.407 e. The van der Waals surface area contributed by atoms with Gasteiger partial charge in [-0.25, -0.2) is 9.59 Å². The van der Waals surface area contributed by atoms with Crippen LogP contribution in [0.3, 0.4) is 0 Å². The lowest BCUT2D eigenvalue weighted by atomic mass is 9.77. The summed E-state index contributed by atoms with van der Waals surface area (Å²) in [6, 6.07) is 15.4. The molecular formula is C27H34N2O6. The summed E-state index contributed by atoms with van der Waals surface area (Å²) in [6.45, 7) is 7.55. The molecule has 8 nitrogen and oxygen atoms in total. The molecule has 4 N–H and O–H groups in total. The van der Waals surface area contributed by atoms with E-state index in [2.05, 4.69) is 22.8 Å². The molecule has 0 saturated carbocycles. The summed E-state index contributed by atoms with van der Waals surface area (Å²) >= 11 is 0. The van der Waals surface area contributed by atoms with Crippen molar-refractivity contribution in [2.24, 2.45) is 11.3 Å². The van der Waals surface area contributed by atoms with Crippen molar-refractivity contribution in [2.75, 3.05) is 13.2 Å². The number of carbonyl (C=O) groups is 3. The molecule has 0 bridgehead atoms. The molecule has 35 heavy (non-hydrogen) atoms. The minimum atomic E-state index is -1.83. The Labute approximate surface area is 205 Å². The van der Waals surface area contributed by atoms with Gasteiger partial charge in [0.05, 0.1) is 12.0 Å². The van der Waals surface area contributed by atoms with Gasteiger partial charge >= 0.3 is 12.1 Å². The van der Waals surface area contributed by atoms with Gasteiger partial charge in [0, 0.05) is 12.0 Å². The summed E-state index contributed by atoms with van der Waals surface area (Å²) in [5, 5.41) is 24.1. The molecule has 0 heterocycles. The lowest BCUT2D eigenvalue weighted by molar-refractivity contribution is -0.151. The third-order valence-electron chi connectivity index (χ3n) is 6.82. The maximum atomic E-state index is 13.0. The molecule has 3 rings (SSSR count). The molecular weight excluding hydrogens is 448 g/mol. The third kappa shape index (κ3) is 5.17. The van der Waals surface area contributed by atoms with Crippen LogP contribution in [0.1, 0.15) is 51.7 Å². The molecule has 0 spiro atoms. The van der Waals surface area contributed by atoms with E-state index in [-0.39, 0.29) is 18.4 Å². The Hall–Kier alpha value is -3.39. The zero-order chi connectivity index (χ0) is 26.0. The van der Waals surface area contributed by atoms with Gasteiger partial charge < -0.3 is 25.6 Å². The number of carbonyl (C=O) groups excluding carboxylic acids is 2. The van der Waals surface area contributed by atoms with Crippen LogP contribution >= 0.6 is 0 Å². The van der Waals surface area contributed by atoms with Gasteiger partial charge in [0.15, 0.2) is 5.54 Å². The number of rotatable bonds is 9. The lowest BCUT2D eigenvalue weighted by Crippen LogP contribution is -2.62. The second kappa shape index (κ2) is 10.1. The molecule has 2 amide bonds. The standard InChI is InChI=1S/C27H34N2O6/c1-16(2)22(26(3,4)23(31)29-27(5,15-30)24(32)33)28-25(34)35-14-21-19-12-8-6-10-17(19)18-11-7-9-13-20(18)21/h6-13,16,21-22,30H,14-15H2,1-5H3,(H,28,34)(H,29,31)(H,32,33). The first-order chi connectivity index (χ1) is 16.4. The normalized spacial score (nSPS) is 15.5. The molecule has 1 aliphatic rings. The van der Waals surface area contributed by atoms with Crippen LogP contribution in [0.5, 0.6) is 0 Å². The topological polar surface area (TPSA) is 125 Å². The van der Waals surface area contributed by atoms with Gasteiger partial charge in [-0.3, -0.25) is 4.79 Å². The van der Waals surface area contributed by atoms with Crippen LogP contribution in [0.15, 0.2) is 48.5 Å². The monoisotopic (exact) mass is 482 g/mol. The molecule has 1 aliphatic carbocycles. The van der Waals surface area contributed by atoms with Crippen LogP contribution in [-0.4, -0.2) is 53.0 Å². The lowest BCUT2D eigenvalue weighted by Gasteiger charge is -2.38. The summed E-state index contributed by atoms with van der Waals surface area (Å²) in [5.41, 5.74) is 1.42. The van der Waals surface area contributed by atoms with E-state index in [1.54, 1.807) is 13.8 Å². The van der Waals surface area contributed by atoms with Crippen molar-refractivity contribution in [2.45, 2.75) is 52.1 Å². The highest BCUT2D eigenvalue weighted by atomic mass is 16.5. The van der Waals surface area contributed by atoms with Gasteiger partial charge in [0.25, 0.3) is 0 Å². The Kier molecular flexibility index (Phi) is 7.55. The Morgan fingerprint density at radius 3 is 1.94 bits per heavy atom. The molecule has 8 heteroatoms. The zero-order valence-corrected chi connectivity index (χ0v) is 20.8. The molecule has 2 atom stereocenters. The highest BCUT2D eigenvalue weighted by molar-refractivity contribution is 5.90. The van der Waals surface area contributed by atoms with Crippen molar-refractivity contribution in [3.05, 3.63) is 59.7 Å². The number of amides is 2. The molecule has 0 aromatic heterocycles. The Morgan fingerprint density at radius 2 is 1.49 bits per heavy atom. The first-order valence-corrected chi connectivity index (χ1v) is 11.7. The summed E-state index contributed by atoms with van der Waals surface area (Å²) in [5.74, 6) is -2.21. The minimum absolute atomic E-state index is 0.0946. The summed E-state index contributed by atoms with van der Waals surface area (Å²) in [4.78, 5) is 37.4. The molecule has 0 aliphatic heterocycles. The number of nitrogens with one attached hydrogen (secondary N) is 2. The Morgan fingerprint density at radius 1 is 0.971 bits per heavy atom. The average molecular weight is 483 g/mol. The second-order valence-corrected chi connectivity index (χ2v) is 10.2. The number of carboxylic acids is 1. The van der Waals surface area contributed by atoms with Crippen LogP contribution in [-0.2, 0) is 14.3 Å². The molecule has 0 fully saturated rings. The minimum Gasteiger partial charge on any atom is -0.479 e. The van der Waals surface area contributed by atoms with E-state index in [0.29, 0.717) is 0 Å². The molecule has 2 aromatic carbocycles. The molecule has 0 saturated heterocycles. The largest absolute Gasteiger partial charge is 0.479 e. The predicted octanol–water partition coefficient (Wildman–Crippen LogP) is 3.53. The van der Waals surface area contributed by atoms with E-state index >= 15 is 0 Å². The van der Waals surface area contributed by atoms with Gasteiger partial charge in [-0.1, -0.05) is 62.4 Å². The van der Waals surface area contributed by atoms with Crippen molar-refractivity contribution in [3.63, 3.8) is 0 Å². The number of carboxylic acid groups (broad SMARTS) is 1. The van der Waals surface area contributed by atoms with Crippen molar-refractivity contribution in [1.82, 2.24) is 10.6 Å². The van der Waals surface area contributed by atoms with E-state index in [0.717, 1.165) is 22.3 Å². The van der Waals surface area contributed by atoms with Crippen molar-refractivity contribution < 1.29 is 29.3 Å². The van der Waals surface area contributed by atoms with Crippen molar-refractivity contribution in [3.8, 4) is 11.1 Å². The maximum Gasteiger partial charge on any atom is 0.407 e. The van der Waals surface area contributed by atoms with E-state index in [4.69, 9.17) is 4.74 Å². The Balaban J connectivity index is 1.72. The number of hydrogen-bond donors (Lipinski definition) is 4. The van der Waals surface area contributed by atoms with Crippen LogP contribution in [0.2, 0.25) is 0 Å². The number of aliphatic hydroxyl groups is 1. The van der Waals surface area contributed by atoms with Gasteiger partial charge in [0.2, 0.25) is 5.91 Å². The van der Waals surface area contributed by atoms with Gasteiger partial charge in [0.1, 0.15) is 6.61 Å². The first kappa shape index (κ1) is 26.2. The van der Waals surface area contributed by atoms with Crippen LogP contribution in [0.25, 0.3) is 11.1 Å². The fourth-order valence-corrected chi connectivity index (χ4v) is 4.66. The molecule has 0 radical (unpaired) electrons. The number of alkyl carbamates (subject to hydrolysis) is 1. The summed E-state index contributed by atoms with van der Waals surface area (Å²) in [7, 11) is 0. The maximum absolute atomic E-state index is 13.0. The second-order valence-electron chi connectivity index (χ2n) is 10.2. The van der Waals surface area contributed by atoms with Crippen molar-refractivity contribution in [1.29, 1.82) is 0 Å². The zero-order valence-electron chi connectivity index (χ0n) is 20.8. The van der Waals surface area contributed by atoms with E-state index in [1.807, 2.05) is 50.2 Å². The van der Waals surface area contributed by atoms with Crippen molar-refractivity contribution >= 4 is 18.0 Å². The number of hydrogen-bond acceptors (Lipinski definition) is 5. The van der Waals surface area contributed by atoms with Crippen LogP contribution in [0, 0.1) is 11.3 Å². The van der Waals surface area contributed by atoms with Crippen LogP contribution < -0.4 is 10.6 Å². The number of aliphatic hydroxyl groups excluding tert-OH is 1. The van der Waals surface area contributed by atoms with E-state index in [1.165, 1.54) is 6.92 Å². The van der Waals surface area contributed by atoms with Gasteiger partial charge in [-0.2, -0.15) is 0 Å². The number of aliphatic carboxylic acids is 1. The average Bonchev–Trinajstić information content (AvgIpc) is 3.14. The molecule has 188 valence electrons. The fraction of sp³-hybridized carbons (Fsp3) is 0.444. The Bertz CT molecular complexity index is 1070. The predicted molar refractivity (Wildman–Crippen MR) is 132 cm³/mol. The SMILES string of the molecule is CC(C)C(NC(=O)OCC1c2ccccc2-c2ccccc21)C(C)(C)C(=O)NC(C)(CO)C(=O)O. The van der Waals surface area contributed by atoms with Gasteiger partial charge in [-0.15, -0.1) is 0 Å². The molecule has 2 unspecified atom stereocenters. The first-order valence-electron chi connectivity index (χ1n) is 11.7. The fourth-order valence-electron chi connectivity index (χ4n) is 4.66. The summed E-state index contributed by atoms with van der Waals surface area (Å²) in [6.07, 6.45) is -0.658. The third-order valence-corrected chi connectivity index (χ3v) is 6.82. The molecule has 2 aromatic rings. The van der Waals surface area contributed by atoms with E-state index in [9.17, 15) is 24.6 Å². The van der Waals surface area contributed by atoms with E-state index < -0.39 is 41.6 Å². The quantitative estimate of drug-likeness (QED) is 0.433. The number of ether oxygens (including phenoxy) is 1. The number of fused-ring (bicyclic) bond motifs is 3. The summed E-state index contributed by atoms with van der Waals surface area (Å²) < 4.78 is 5.64. The van der Waals surface area contributed by atoms with Gasteiger partial charge in [-0.05, 0) is 48.9 Å². The highest BCUT2D eigenvalue weighted by Gasteiger charge is 2.44.